The SMILES string of the molecule is CC(=O)OCc1ccc(CC2C3CN(C3C(=O)Nc3cc(C(F)(F)F)cc(C(F)(F)F)c3)N3CCN2CC3)o1. The third-order valence-electron chi connectivity index (χ3n) is 7.41. The van der Waals surface area contributed by atoms with E-state index in [1.807, 2.05) is 10.0 Å². The number of fused-ring (bicyclic) bond motifs is 1. The number of benzene rings is 1. The number of piperazine rings is 1. The highest BCUT2D eigenvalue weighted by atomic mass is 19.4. The lowest BCUT2D eigenvalue weighted by Crippen LogP contribution is -2.77. The van der Waals surface area contributed by atoms with Crippen LogP contribution in [0, 0.1) is 5.92 Å². The zero-order valence-corrected chi connectivity index (χ0v) is 20.8. The summed E-state index contributed by atoms with van der Waals surface area (Å²) >= 11 is 0. The van der Waals surface area contributed by atoms with Crippen molar-refractivity contribution >= 4 is 17.6 Å². The van der Waals surface area contributed by atoms with E-state index < -0.39 is 47.1 Å². The normalized spacial score (nSPS) is 28.3. The van der Waals surface area contributed by atoms with E-state index >= 15 is 0 Å². The number of hydrogen-bond acceptors (Lipinski definition) is 7. The molecule has 1 aromatic carbocycles. The van der Waals surface area contributed by atoms with Crippen LogP contribution in [0.2, 0.25) is 0 Å². The number of hydrazine groups is 1. The molecule has 5 saturated heterocycles. The van der Waals surface area contributed by atoms with Gasteiger partial charge in [0.2, 0.25) is 5.91 Å². The van der Waals surface area contributed by atoms with Gasteiger partial charge in [-0.05, 0) is 30.3 Å². The Hall–Kier alpha value is -3.10. The fourth-order valence-electron chi connectivity index (χ4n) is 5.55. The van der Waals surface area contributed by atoms with E-state index in [4.69, 9.17) is 9.15 Å². The number of esters is 1. The van der Waals surface area contributed by atoms with Crippen molar-refractivity contribution < 1.29 is 45.1 Å². The first-order valence-corrected chi connectivity index (χ1v) is 12.4. The fourth-order valence-corrected chi connectivity index (χ4v) is 5.55. The number of anilines is 1. The predicted octanol–water partition coefficient (Wildman–Crippen LogP) is 3.78. The molecule has 6 heterocycles. The predicted molar refractivity (Wildman–Crippen MR) is 124 cm³/mol. The molecule has 0 saturated carbocycles. The van der Waals surface area contributed by atoms with Gasteiger partial charge in [-0.1, -0.05) is 0 Å². The minimum atomic E-state index is -5.02. The lowest BCUT2D eigenvalue weighted by atomic mass is 9.79. The van der Waals surface area contributed by atoms with Crippen LogP contribution in [0.3, 0.4) is 0 Å². The molecule has 2 aromatic rings. The average Bonchev–Trinajstić information content (AvgIpc) is 3.26. The van der Waals surface area contributed by atoms with Gasteiger partial charge in [-0.3, -0.25) is 14.5 Å². The molecule has 5 fully saturated rings. The van der Waals surface area contributed by atoms with E-state index in [-0.39, 0.29) is 24.6 Å². The van der Waals surface area contributed by atoms with Crippen molar-refractivity contribution in [3.05, 3.63) is 53.0 Å². The topological polar surface area (TPSA) is 78.3 Å². The van der Waals surface area contributed by atoms with Gasteiger partial charge in [-0.25, -0.2) is 10.0 Å². The molecule has 0 spiro atoms. The van der Waals surface area contributed by atoms with E-state index in [0.29, 0.717) is 49.7 Å². The number of alkyl halides is 6. The molecule has 7 rings (SSSR count). The molecule has 1 N–H and O–H groups in total. The van der Waals surface area contributed by atoms with Gasteiger partial charge < -0.3 is 14.5 Å². The van der Waals surface area contributed by atoms with Gasteiger partial charge in [-0.15, -0.1) is 0 Å². The number of rotatable bonds is 6. The molecule has 8 nitrogen and oxygen atoms in total. The van der Waals surface area contributed by atoms with Crippen LogP contribution in [0.4, 0.5) is 32.0 Å². The third kappa shape index (κ3) is 5.77. The van der Waals surface area contributed by atoms with E-state index in [1.165, 1.54) is 6.92 Å². The average molecular weight is 560 g/mol. The number of carbonyl (C=O) groups is 2. The van der Waals surface area contributed by atoms with Gasteiger partial charge in [0, 0.05) is 63.7 Å². The Labute approximate surface area is 219 Å². The lowest BCUT2D eigenvalue weighted by Gasteiger charge is -2.61. The fraction of sp³-hybridized carbons (Fsp3) is 0.520. The monoisotopic (exact) mass is 560 g/mol. The molecule has 5 aliphatic heterocycles. The van der Waals surface area contributed by atoms with Gasteiger partial charge in [0.25, 0.3) is 0 Å². The van der Waals surface area contributed by atoms with Gasteiger partial charge in [0.05, 0.1) is 11.1 Å². The Kier molecular flexibility index (Phi) is 7.14. The van der Waals surface area contributed by atoms with Gasteiger partial charge >= 0.3 is 18.3 Å². The first-order valence-electron chi connectivity index (χ1n) is 12.4. The zero-order valence-electron chi connectivity index (χ0n) is 20.8. The summed E-state index contributed by atoms with van der Waals surface area (Å²) in [5, 5.41) is 6.17. The van der Waals surface area contributed by atoms with Crippen LogP contribution >= 0.6 is 0 Å². The molecular weight excluding hydrogens is 534 g/mol. The van der Waals surface area contributed by atoms with Crippen LogP contribution in [0.5, 0.6) is 0 Å². The van der Waals surface area contributed by atoms with Crippen LogP contribution in [-0.2, 0) is 39.7 Å². The maximum absolute atomic E-state index is 13.4. The minimum Gasteiger partial charge on any atom is -0.462 e. The third-order valence-corrected chi connectivity index (χ3v) is 7.41. The number of ether oxygens (including phenoxy) is 1. The summed E-state index contributed by atoms with van der Waals surface area (Å²) in [6, 6.07) is 3.58. The Morgan fingerprint density at radius 2 is 1.59 bits per heavy atom. The van der Waals surface area contributed by atoms with Crippen LogP contribution in [0.1, 0.15) is 29.6 Å². The molecule has 4 unspecified atom stereocenters. The number of halogens is 6. The van der Waals surface area contributed by atoms with Crippen LogP contribution in [0.25, 0.3) is 0 Å². The van der Waals surface area contributed by atoms with E-state index in [2.05, 4.69) is 10.2 Å². The molecule has 0 aliphatic carbocycles. The van der Waals surface area contributed by atoms with E-state index in [0.717, 1.165) is 13.1 Å². The van der Waals surface area contributed by atoms with E-state index in [9.17, 15) is 35.9 Å². The summed E-state index contributed by atoms with van der Waals surface area (Å²) in [7, 11) is 0. The zero-order chi connectivity index (χ0) is 28.1. The smallest absolute Gasteiger partial charge is 0.416 e. The van der Waals surface area contributed by atoms with Gasteiger partial charge in [-0.2, -0.15) is 26.3 Å². The maximum atomic E-state index is 13.4. The number of nitrogens with one attached hydrogen (secondary N) is 1. The second kappa shape index (κ2) is 10.1. The number of carbonyl (C=O) groups excluding carboxylic acids is 2. The summed E-state index contributed by atoms with van der Waals surface area (Å²) in [5.74, 6) is -0.284. The maximum Gasteiger partial charge on any atom is 0.416 e. The van der Waals surface area contributed by atoms with Crippen molar-refractivity contribution in [3.63, 3.8) is 0 Å². The van der Waals surface area contributed by atoms with Crippen molar-refractivity contribution in [2.45, 2.75) is 44.4 Å². The number of furan rings is 1. The lowest BCUT2D eigenvalue weighted by molar-refractivity contribution is -0.213. The summed E-state index contributed by atoms with van der Waals surface area (Å²) in [6.45, 7) is 4.50. The van der Waals surface area contributed by atoms with Crippen molar-refractivity contribution in [1.29, 1.82) is 0 Å². The number of nitrogens with zero attached hydrogens (tertiary/aromatic N) is 3. The molecule has 39 heavy (non-hydrogen) atoms. The Morgan fingerprint density at radius 3 is 2.18 bits per heavy atom. The summed E-state index contributed by atoms with van der Waals surface area (Å²) in [6.07, 6.45) is -9.61. The molecule has 0 radical (unpaired) electrons. The minimum absolute atomic E-state index is 0.0161. The Bertz CT molecular complexity index is 1210. The summed E-state index contributed by atoms with van der Waals surface area (Å²) in [5.41, 5.74) is -3.56. The van der Waals surface area contributed by atoms with Crippen LogP contribution in [0.15, 0.2) is 34.7 Å². The molecule has 14 heteroatoms. The van der Waals surface area contributed by atoms with E-state index in [1.54, 1.807) is 12.1 Å². The molecular formula is C25H26F6N4O4. The largest absolute Gasteiger partial charge is 0.462 e. The van der Waals surface area contributed by atoms with Gasteiger partial charge in [0.15, 0.2) is 0 Å². The molecule has 4 atom stereocenters. The quantitative estimate of drug-likeness (QED) is 0.426. The molecule has 1 amide bonds. The number of hydrogen-bond donors (Lipinski definition) is 1. The van der Waals surface area contributed by atoms with Crippen molar-refractivity contribution in [2.75, 3.05) is 38.0 Å². The van der Waals surface area contributed by atoms with Crippen molar-refractivity contribution in [1.82, 2.24) is 14.9 Å². The van der Waals surface area contributed by atoms with Crippen molar-refractivity contribution in [3.8, 4) is 0 Å². The highest BCUT2D eigenvalue weighted by Gasteiger charge is 2.54. The second-order valence-corrected chi connectivity index (χ2v) is 9.92. The second-order valence-electron chi connectivity index (χ2n) is 9.92. The summed E-state index contributed by atoms with van der Waals surface area (Å²) < 4.78 is 90.7. The Morgan fingerprint density at radius 1 is 0.974 bits per heavy atom. The van der Waals surface area contributed by atoms with Crippen LogP contribution < -0.4 is 5.32 Å². The highest BCUT2D eigenvalue weighted by Crippen LogP contribution is 2.40. The standard InChI is InChI=1S/C25H26F6N4O4/c1-14(36)38-13-19-3-2-18(39-19)11-21-20-12-35(34-6-4-33(21)5-7-34)22(20)23(37)32-17-9-15(24(26,27)28)8-16(10-17)25(29,30)31/h2-3,8-10,20-22H,4-7,11-13H2,1H3,(H,32,37). The van der Waals surface area contributed by atoms with Crippen LogP contribution in [-0.4, -0.2) is 71.6 Å². The first kappa shape index (κ1) is 27.5. The molecule has 212 valence electrons. The molecule has 4 bridgehead atoms. The molecule has 1 aromatic heterocycles. The first-order chi connectivity index (χ1) is 18.3. The number of amides is 1. The van der Waals surface area contributed by atoms with Gasteiger partial charge in [0.1, 0.15) is 24.2 Å². The summed E-state index contributed by atoms with van der Waals surface area (Å²) in [4.78, 5) is 26.7. The Balaban J connectivity index is 1.37. The highest BCUT2D eigenvalue weighted by molar-refractivity contribution is 5.96. The van der Waals surface area contributed by atoms with Crippen molar-refractivity contribution in [2.24, 2.45) is 5.92 Å². The molecule has 5 aliphatic rings.